The van der Waals surface area contributed by atoms with E-state index in [4.69, 9.17) is 0 Å². The van der Waals surface area contributed by atoms with E-state index in [2.05, 4.69) is 46.4 Å². The van der Waals surface area contributed by atoms with Gasteiger partial charge in [-0.25, -0.2) is 0 Å². The van der Waals surface area contributed by atoms with Gasteiger partial charge in [0.25, 0.3) is 0 Å². The first-order chi connectivity index (χ1) is 4.74. The summed E-state index contributed by atoms with van der Waals surface area (Å²) < 4.78 is 1.19. The second-order valence-corrected chi connectivity index (χ2v) is 3.50. The Balaban J connectivity index is 2.64. The fraction of sp³-hybridized carbons (Fsp3) is 0.500. The van der Waals surface area contributed by atoms with Crippen LogP contribution in [0.2, 0.25) is 0 Å². The Bertz CT molecular complexity index is 172. The number of hydrogen-bond donors (Lipinski definition) is 1. The zero-order chi connectivity index (χ0) is 7.56. The maximum Gasteiger partial charge on any atom is 0.0311 e. The molecular formula is C8H12BrN. The summed E-state index contributed by atoms with van der Waals surface area (Å²) in [7, 11) is 1.98. The highest BCUT2D eigenvalue weighted by Crippen LogP contribution is 2.19. The zero-order valence-electron chi connectivity index (χ0n) is 6.26. The van der Waals surface area contributed by atoms with Gasteiger partial charge in [-0.05, 0) is 13.0 Å². The van der Waals surface area contributed by atoms with Crippen molar-refractivity contribution in [1.82, 2.24) is 5.32 Å². The number of halogens is 1. The molecule has 1 aliphatic rings. The normalized spacial score (nSPS) is 32.1. The minimum atomic E-state index is 0.501. The Hall–Kier alpha value is -0.0800. The Morgan fingerprint density at radius 2 is 2.30 bits per heavy atom. The van der Waals surface area contributed by atoms with Crippen molar-refractivity contribution in [3.63, 3.8) is 0 Å². The molecule has 56 valence electrons. The lowest BCUT2D eigenvalue weighted by atomic mass is 9.98. The van der Waals surface area contributed by atoms with Crippen LogP contribution in [0.1, 0.15) is 6.92 Å². The standard InChI is InChI=1S/C8H12BrN/c1-6-5-7(9)3-4-8(6)10-2/h3-6,8,10H,1-2H3. The summed E-state index contributed by atoms with van der Waals surface area (Å²) in [6.45, 7) is 2.20. The van der Waals surface area contributed by atoms with Crippen LogP contribution in [-0.4, -0.2) is 13.1 Å². The summed E-state index contributed by atoms with van der Waals surface area (Å²) in [5.41, 5.74) is 0. The van der Waals surface area contributed by atoms with Crippen molar-refractivity contribution >= 4 is 15.9 Å². The van der Waals surface area contributed by atoms with Crippen LogP contribution in [0.4, 0.5) is 0 Å². The summed E-state index contributed by atoms with van der Waals surface area (Å²) in [4.78, 5) is 0. The van der Waals surface area contributed by atoms with Gasteiger partial charge in [-0.15, -0.1) is 0 Å². The largest absolute Gasteiger partial charge is 0.313 e. The van der Waals surface area contributed by atoms with Gasteiger partial charge in [-0.3, -0.25) is 0 Å². The van der Waals surface area contributed by atoms with E-state index in [1.165, 1.54) is 4.48 Å². The maximum absolute atomic E-state index is 3.43. The fourth-order valence-electron chi connectivity index (χ4n) is 1.14. The molecule has 2 atom stereocenters. The van der Waals surface area contributed by atoms with Crippen LogP contribution in [0.25, 0.3) is 0 Å². The second-order valence-electron chi connectivity index (χ2n) is 2.58. The first kappa shape index (κ1) is 8.02. The first-order valence-electron chi connectivity index (χ1n) is 3.47. The van der Waals surface area contributed by atoms with Gasteiger partial charge in [0, 0.05) is 10.5 Å². The molecule has 0 radical (unpaired) electrons. The van der Waals surface area contributed by atoms with Gasteiger partial charge in [-0.1, -0.05) is 41.1 Å². The van der Waals surface area contributed by atoms with Gasteiger partial charge in [0.15, 0.2) is 0 Å². The Morgan fingerprint density at radius 3 is 2.80 bits per heavy atom. The molecular weight excluding hydrogens is 190 g/mol. The molecule has 0 saturated heterocycles. The summed E-state index contributed by atoms with van der Waals surface area (Å²) in [6.07, 6.45) is 6.47. The third kappa shape index (κ3) is 1.70. The van der Waals surface area contributed by atoms with Crippen molar-refractivity contribution in [2.75, 3.05) is 7.05 Å². The fourth-order valence-corrected chi connectivity index (χ4v) is 1.71. The SMILES string of the molecule is CNC1C=CC(Br)=CC1C. The predicted octanol–water partition coefficient (Wildman–Crippen LogP) is 2.06. The van der Waals surface area contributed by atoms with Gasteiger partial charge in [0.1, 0.15) is 0 Å². The average molecular weight is 202 g/mol. The van der Waals surface area contributed by atoms with E-state index in [1.807, 2.05) is 7.05 Å². The topological polar surface area (TPSA) is 12.0 Å². The lowest BCUT2D eigenvalue weighted by Crippen LogP contribution is -2.30. The van der Waals surface area contributed by atoms with E-state index in [9.17, 15) is 0 Å². The maximum atomic E-state index is 3.43. The van der Waals surface area contributed by atoms with Crippen LogP contribution in [0.5, 0.6) is 0 Å². The van der Waals surface area contributed by atoms with Crippen molar-refractivity contribution in [2.45, 2.75) is 13.0 Å². The van der Waals surface area contributed by atoms with Crippen molar-refractivity contribution < 1.29 is 0 Å². The predicted molar refractivity (Wildman–Crippen MR) is 48.2 cm³/mol. The molecule has 0 aromatic rings. The minimum absolute atomic E-state index is 0.501. The molecule has 0 saturated carbocycles. The zero-order valence-corrected chi connectivity index (χ0v) is 7.85. The van der Waals surface area contributed by atoms with E-state index in [0.29, 0.717) is 12.0 Å². The molecule has 0 aromatic heterocycles. The number of rotatable bonds is 1. The lowest BCUT2D eigenvalue weighted by molar-refractivity contribution is 0.538. The highest BCUT2D eigenvalue weighted by molar-refractivity contribution is 9.11. The molecule has 2 heteroatoms. The Morgan fingerprint density at radius 1 is 1.60 bits per heavy atom. The van der Waals surface area contributed by atoms with E-state index in [1.54, 1.807) is 0 Å². The van der Waals surface area contributed by atoms with E-state index in [-0.39, 0.29) is 0 Å². The highest BCUT2D eigenvalue weighted by atomic mass is 79.9. The molecule has 0 amide bonds. The molecule has 1 rings (SSSR count). The lowest BCUT2D eigenvalue weighted by Gasteiger charge is -2.20. The van der Waals surface area contributed by atoms with Crippen molar-refractivity contribution in [1.29, 1.82) is 0 Å². The molecule has 0 aliphatic heterocycles. The highest BCUT2D eigenvalue weighted by Gasteiger charge is 2.12. The van der Waals surface area contributed by atoms with E-state index >= 15 is 0 Å². The Labute approximate surface area is 70.3 Å². The van der Waals surface area contributed by atoms with Crippen molar-refractivity contribution in [3.05, 3.63) is 22.7 Å². The summed E-state index contributed by atoms with van der Waals surface area (Å²) in [5.74, 6) is 0.587. The van der Waals surface area contributed by atoms with Crippen molar-refractivity contribution in [2.24, 2.45) is 5.92 Å². The molecule has 0 aromatic carbocycles. The summed E-state index contributed by atoms with van der Waals surface area (Å²) in [5, 5.41) is 3.22. The number of likely N-dealkylation sites (N-methyl/N-ethyl adjacent to an activating group) is 1. The minimum Gasteiger partial charge on any atom is -0.313 e. The molecule has 2 unspecified atom stereocenters. The van der Waals surface area contributed by atoms with Gasteiger partial charge < -0.3 is 5.32 Å². The van der Waals surface area contributed by atoms with Gasteiger partial charge in [-0.2, -0.15) is 0 Å². The van der Waals surface area contributed by atoms with Crippen LogP contribution in [0, 0.1) is 5.92 Å². The van der Waals surface area contributed by atoms with Crippen LogP contribution < -0.4 is 5.32 Å². The number of hydrogen-bond acceptors (Lipinski definition) is 1. The third-order valence-corrected chi connectivity index (χ3v) is 2.31. The smallest absolute Gasteiger partial charge is 0.0311 e. The van der Waals surface area contributed by atoms with E-state index in [0.717, 1.165) is 0 Å². The molecule has 1 N–H and O–H groups in total. The summed E-state index contributed by atoms with van der Waals surface area (Å²) in [6, 6.07) is 0.501. The van der Waals surface area contributed by atoms with Crippen LogP contribution in [-0.2, 0) is 0 Å². The second kappa shape index (κ2) is 3.35. The van der Waals surface area contributed by atoms with Gasteiger partial charge >= 0.3 is 0 Å². The Kier molecular flexibility index (Phi) is 2.69. The summed E-state index contributed by atoms with van der Waals surface area (Å²) >= 11 is 3.43. The average Bonchev–Trinajstić information content (AvgIpc) is 1.88. The van der Waals surface area contributed by atoms with Crippen molar-refractivity contribution in [3.8, 4) is 0 Å². The quantitative estimate of drug-likeness (QED) is 0.686. The molecule has 10 heavy (non-hydrogen) atoms. The molecule has 0 spiro atoms. The molecule has 0 fully saturated rings. The van der Waals surface area contributed by atoms with Crippen LogP contribution in [0.3, 0.4) is 0 Å². The molecule has 0 heterocycles. The van der Waals surface area contributed by atoms with Crippen LogP contribution in [0.15, 0.2) is 22.7 Å². The third-order valence-electron chi connectivity index (χ3n) is 1.78. The monoisotopic (exact) mass is 201 g/mol. The molecule has 1 aliphatic carbocycles. The number of allylic oxidation sites excluding steroid dienone is 2. The number of nitrogens with one attached hydrogen (secondary N) is 1. The van der Waals surface area contributed by atoms with Gasteiger partial charge in [0.05, 0.1) is 0 Å². The van der Waals surface area contributed by atoms with Gasteiger partial charge in [0.2, 0.25) is 0 Å². The van der Waals surface area contributed by atoms with Crippen LogP contribution >= 0.6 is 15.9 Å². The molecule has 1 nitrogen and oxygen atoms in total. The van der Waals surface area contributed by atoms with E-state index < -0.39 is 0 Å². The molecule has 0 bridgehead atoms. The first-order valence-corrected chi connectivity index (χ1v) is 4.26.